The van der Waals surface area contributed by atoms with E-state index in [1.54, 1.807) is 31.4 Å². The number of rotatable bonds is 7. The number of methoxy groups -OCH3 is 1. The Morgan fingerprint density at radius 2 is 1.90 bits per heavy atom. The highest BCUT2D eigenvalue weighted by molar-refractivity contribution is 8.01. The molecule has 1 aromatic carbocycles. The average molecular weight is 297 g/mol. The first-order valence-electron chi connectivity index (χ1n) is 6.22. The molecule has 0 saturated heterocycles. The van der Waals surface area contributed by atoms with E-state index in [4.69, 9.17) is 9.84 Å². The van der Waals surface area contributed by atoms with Crippen molar-refractivity contribution in [2.75, 3.05) is 18.2 Å². The first-order valence-corrected chi connectivity index (χ1v) is 7.27. The number of hydrogen-bond acceptors (Lipinski definition) is 4. The van der Waals surface area contributed by atoms with Crippen LogP contribution in [0.5, 0.6) is 5.75 Å². The first kappa shape index (κ1) is 16.4. The van der Waals surface area contributed by atoms with Crippen LogP contribution in [0.3, 0.4) is 0 Å². The maximum Gasteiger partial charge on any atom is 0.316 e. The Kier molecular flexibility index (Phi) is 6.38. The third-order valence-corrected chi connectivity index (χ3v) is 4.15. The number of hydrogen-bond donors (Lipinski definition) is 2. The molecule has 0 aliphatic heterocycles. The number of anilines is 1. The van der Waals surface area contributed by atoms with Gasteiger partial charge < -0.3 is 15.2 Å². The molecule has 1 amide bonds. The fraction of sp³-hybridized carbons (Fsp3) is 0.429. The van der Waals surface area contributed by atoms with Crippen molar-refractivity contribution in [3.8, 4) is 5.75 Å². The summed E-state index contributed by atoms with van der Waals surface area (Å²) in [5.74, 6) is -0.301. The lowest BCUT2D eigenvalue weighted by molar-refractivity contribution is -0.137. The summed E-state index contributed by atoms with van der Waals surface area (Å²) in [6.07, 6.45) is 0. The number of nitrogens with one attached hydrogen (secondary N) is 1. The molecule has 6 heteroatoms. The van der Waals surface area contributed by atoms with Crippen molar-refractivity contribution in [2.45, 2.75) is 19.1 Å². The quantitative estimate of drug-likeness (QED) is 0.808. The lowest BCUT2D eigenvalue weighted by Gasteiger charge is -2.15. The Bertz CT molecular complexity index is 459. The molecule has 0 aromatic heterocycles. The molecule has 1 atom stereocenters. The largest absolute Gasteiger partial charge is 0.497 e. The van der Waals surface area contributed by atoms with Crippen LogP contribution in [0.15, 0.2) is 24.3 Å². The van der Waals surface area contributed by atoms with Crippen LogP contribution in [-0.4, -0.2) is 35.1 Å². The van der Waals surface area contributed by atoms with E-state index >= 15 is 0 Å². The smallest absolute Gasteiger partial charge is 0.316 e. The van der Waals surface area contributed by atoms with Gasteiger partial charge in [-0.3, -0.25) is 9.59 Å². The van der Waals surface area contributed by atoms with Crippen molar-refractivity contribution in [2.24, 2.45) is 5.92 Å². The summed E-state index contributed by atoms with van der Waals surface area (Å²) < 4.78 is 5.02. The summed E-state index contributed by atoms with van der Waals surface area (Å²) in [4.78, 5) is 22.8. The summed E-state index contributed by atoms with van der Waals surface area (Å²) in [6, 6.07) is 6.96. The van der Waals surface area contributed by atoms with E-state index in [0.29, 0.717) is 11.4 Å². The number of aliphatic carboxylic acids is 1. The van der Waals surface area contributed by atoms with Crippen LogP contribution >= 0.6 is 11.8 Å². The summed E-state index contributed by atoms with van der Waals surface area (Å²) in [5, 5.41) is 11.2. The molecule has 0 aliphatic rings. The van der Waals surface area contributed by atoms with Gasteiger partial charge in [-0.1, -0.05) is 13.8 Å². The second-order valence-corrected chi connectivity index (χ2v) is 5.72. The number of carbonyl (C=O) groups is 2. The standard InChI is InChI=1S/C14H19NO4S/c1-9(2)13(14(17)18)20-8-12(16)15-10-4-6-11(19-3)7-5-10/h4-7,9,13H,8H2,1-3H3,(H,15,16)(H,17,18). The number of ether oxygens (including phenoxy) is 1. The maximum atomic E-state index is 11.8. The number of benzene rings is 1. The first-order chi connectivity index (χ1) is 9.43. The van der Waals surface area contributed by atoms with E-state index in [1.165, 1.54) is 0 Å². The molecule has 0 heterocycles. The molecule has 2 N–H and O–H groups in total. The number of carboxylic acids is 1. The van der Waals surface area contributed by atoms with Crippen LogP contribution in [0, 0.1) is 5.92 Å². The molecule has 1 aromatic rings. The Morgan fingerprint density at radius 1 is 1.30 bits per heavy atom. The zero-order valence-electron chi connectivity index (χ0n) is 11.8. The van der Waals surface area contributed by atoms with Gasteiger partial charge in [0.1, 0.15) is 11.0 Å². The molecule has 0 fully saturated rings. The average Bonchev–Trinajstić information content (AvgIpc) is 2.39. The van der Waals surface area contributed by atoms with Crippen LogP contribution in [0.25, 0.3) is 0 Å². The predicted molar refractivity (Wildman–Crippen MR) is 80.3 cm³/mol. The van der Waals surface area contributed by atoms with Crippen molar-refractivity contribution in [3.63, 3.8) is 0 Å². The number of thioether (sulfide) groups is 1. The van der Waals surface area contributed by atoms with E-state index in [0.717, 1.165) is 11.8 Å². The fourth-order valence-corrected chi connectivity index (χ4v) is 2.52. The molecule has 0 aliphatic carbocycles. The van der Waals surface area contributed by atoms with Gasteiger partial charge in [-0.05, 0) is 30.2 Å². The molecular weight excluding hydrogens is 278 g/mol. The Balaban J connectivity index is 2.48. The number of carboxylic acid groups (broad SMARTS) is 1. The second-order valence-electron chi connectivity index (χ2n) is 4.59. The van der Waals surface area contributed by atoms with Gasteiger partial charge in [0.2, 0.25) is 5.91 Å². The lowest BCUT2D eigenvalue weighted by atomic mass is 10.1. The summed E-state index contributed by atoms with van der Waals surface area (Å²) >= 11 is 1.14. The number of carbonyl (C=O) groups excluding carboxylic acids is 1. The SMILES string of the molecule is COc1ccc(NC(=O)CSC(C(=O)O)C(C)C)cc1. The van der Waals surface area contributed by atoms with Gasteiger partial charge in [0, 0.05) is 5.69 Å². The molecule has 0 radical (unpaired) electrons. The molecular formula is C14H19NO4S. The van der Waals surface area contributed by atoms with Gasteiger partial charge in [0.05, 0.1) is 12.9 Å². The van der Waals surface area contributed by atoms with E-state index < -0.39 is 11.2 Å². The van der Waals surface area contributed by atoms with Gasteiger partial charge >= 0.3 is 5.97 Å². The van der Waals surface area contributed by atoms with Gasteiger partial charge in [0.25, 0.3) is 0 Å². The molecule has 1 unspecified atom stereocenters. The molecule has 0 bridgehead atoms. The van der Waals surface area contributed by atoms with Crippen molar-refractivity contribution >= 4 is 29.3 Å². The zero-order chi connectivity index (χ0) is 15.1. The minimum Gasteiger partial charge on any atom is -0.497 e. The minimum absolute atomic E-state index is 0.0220. The minimum atomic E-state index is -0.887. The molecule has 5 nitrogen and oxygen atoms in total. The zero-order valence-corrected chi connectivity index (χ0v) is 12.6. The van der Waals surface area contributed by atoms with Crippen LogP contribution < -0.4 is 10.1 Å². The third kappa shape index (κ3) is 5.13. The fourth-order valence-electron chi connectivity index (χ4n) is 1.59. The Labute approximate surface area is 122 Å². The highest BCUT2D eigenvalue weighted by Crippen LogP contribution is 2.20. The molecule has 0 spiro atoms. The third-order valence-electron chi connectivity index (χ3n) is 2.62. The monoisotopic (exact) mass is 297 g/mol. The normalized spacial score (nSPS) is 12.0. The van der Waals surface area contributed by atoms with Gasteiger partial charge in [-0.15, -0.1) is 11.8 Å². The van der Waals surface area contributed by atoms with Crippen molar-refractivity contribution in [1.29, 1.82) is 0 Å². The highest BCUT2D eigenvalue weighted by atomic mass is 32.2. The predicted octanol–water partition coefficient (Wildman–Crippen LogP) is 2.48. The van der Waals surface area contributed by atoms with Crippen LogP contribution in [0.4, 0.5) is 5.69 Å². The van der Waals surface area contributed by atoms with Gasteiger partial charge in [-0.25, -0.2) is 0 Å². The van der Waals surface area contributed by atoms with Crippen LogP contribution in [-0.2, 0) is 9.59 Å². The maximum absolute atomic E-state index is 11.8. The van der Waals surface area contributed by atoms with E-state index in [-0.39, 0.29) is 17.6 Å². The van der Waals surface area contributed by atoms with E-state index in [1.807, 2.05) is 13.8 Å². The van der Waals surface area contributed by atoms with Crippen LogP contribution in [0.1, 0.15) is 13.8 Å². The van der Waals surface area contributed by atoms with Crippen molar-refractivity contribution in [3.05, 3.63) is 24.3 Å². The second kappa shape index (κ2) is 7.79. The molecule has 0 saturated carbocycles. The van der Waals surface area contributed by atoms with E-state index in [2.05, 4.69) is 5.32 Å². The highest BCUT2D eigenvalue weighted by Gasteiger charge is 2.22. The lowest BCUT2D eigenvalue weighted by Crippen LogP contribution is -2.25. The van der Waals surface area contributed by atoms with Crippen molar-refractivity contribution < 1.29 is 19.4 Å². The van der Waals surface area contributed by atoms with Crippen LogP contribution in [0.2, 0.25) is 0 Å². The van der Waals surface area contributed by atoms with Crippen molar-refractivity contribution in [1.82, 2.24) is 0 Å². The number of amides is 1. The molecule has 1 rings (SSSR count). The molecule has 110 valence electrons. The van der Waals surface area contributed by atoms with Gasteiger partial charge in [0.15, 0.2) is 0 Å². The Morgan fingerprint density at radius 3 is 2.35 bits per heavy atom. The topological polar surface area (TPSA) is 75.6 Å². The van der Waals surface area contributed by atoms with E-state index in [9.17, 15) is 9.59 Å². The summed E-state index contributed by atoms with van der Waals surface area (Å²) in [7, 11) is 1.57. The summed E-state index contributed by atoms with van der Waals surface area (Å²) in [5.41, 5.74) is 0.660. The van der Waals surface area contributed by atoms with Gasteiger partial charge in [-0.2, -0.15) is 0 Å². The summed E-state index contributed by atoms with van der Waals surface area (Å²) in [6.45, 7) is 3.65. The molecule has 20 heavy (non-hydrogen) atoms. The Hall–Kier alpha value is -1.69.